The molecular weight excluding hydrogens is 332 g/mol. The van der Waals surface area contributed by atoms with Gasteiger partial charge in [0.15, 0.2) is 5.11 Å². The highest BCUT2D eigenvalue weighted by Gasteiger charge is 2.23. The van der Waals surface area contributed by atoms with Gasteiger partial charge in [-0.3, -0.25) is 9.48 Å². The minimum absolute atomic E-state index is 0.0907. The summed E-state index contributed by atoms with van der Waals surface area (Å²) in [7, 11) is 1.88. The molecule has 0 saturated heterocycles. The molecule has 1 aromatic carbocycles. The van der Waals surface area contributed by atoms with Crippen molar-refractivity contribution in [2.24, 2.45) is 13.0 Å². The number of benzene rings is 1. The fraction of sp³-hybridized carbons (Fsp3) is 0.474. The Kier molecular flexibility index (Phi) is 5.27. The van der Waals surface area contributed by atoms with E-state index < -0.39 is 0 Å². The molecule has 0 spiro atoms. The van der Waals surface area contributed by atoms with E-state index >= 15 is 0 Å². The Bertz CT molecular complexity index is 809. The molecule has 0 aliphatic heterocycles. The van der Waals surface area contributed by atoms with Crippen LogP contribution in [0.15, 0.2) is 35.1 Å². The van der Waals surface area contributed by atoms with E-state index in [9.17, 15) is 4.79 Å². The highest BCUT2D eigenvalue weighted by molar-refractivity contribution is 7.80. The molecule has 6 heteroatoms. The molecule has 3 rings (SSSR count). The van der Waals surface area contributed by atoms with Crippen molar-refractivity contribution in [3.63, 3.8) is 0 Å². The van der Waals surface area contributed by atoms with Crippen LogP contribution in [0.25, 0.3) is 5.69 Å². The number of nitrogens with zero attached hydrogens (tertiary/aromatic N) is 2. The van der Waals surface area contributed by atoms with Crippen molar-refractivity contribution in [2.75, 3.05) is 5.32 Å². The zero-order valence-electron chi connectivity index (χ0n) is 15.1. The standard InChI is InChI=1S/C19H26N4OS/c1-13-9-7-8-12-16(13)20-19(25)21-17-14(2)22(3)23(18(17)24)15-10-5-4-6-11-15/h4-6,10-11,13,16H,7-9,12H2,1-3H3,(H2,20,21,25)/t13-,16+/m0/s1. The van der Waals surface area contributed by atoms with E-state index in [1.54, 1.807) is 4.68 Å². The molecule has 1 aromatic heterocycles. The maximum absolute atomic E-state index is 12.9. The third-order valence-corrected chi connectivity index (χ3v) is 5.44. The van der Waals surface area contributed by atoms with Gasteiger partial charge in [0.1, 0.15) is 5.69 Å². The predicted molar refractivity (Wildman–Crippen MR) is 107 cm³/mol. The van der Waals surface area contributed by atoms with Crippen LogP contribution in [-0.4, -0.2) is 20.5 Å². The Balaban J connectivity index is 1.81. The van der Waals surface area contributed by atoms with Crippen LogP contribution in [0.4, 0.5) is 5.69 Å². The highest BCUT2D eigenvalue weighted by Crippen LogP contribution is 2.24. The number of nitrogens with one attached hydrogen (secondary N) is 2. The maximum Gasteiger partial charge on any atom is 0.295 e. The second-order valence-corrected chi connectivity index (χ2v) is 7.31. The molecule has 1 heterocycles. The summed E-state index contributed by atoms with van der Waals surface area (Å²) in [6, 6.07) is 10.0. The third kappa shape index (κ3) is 3.63. The predicted octanol–water partition coefficient (Wildman–Crippen LogP) is 3.35. The average Bonchev–Trinajstić information content (AvgIpc) is 2.81. The van der Waals surface area contributed by atoms with Crippen molar-refractivity contribution >= 4 is 23.0 Å². The van der Waals surface area contributed by atoms with E-state index in [1.807, 2.05) is 49.0 Å². The normalized spacial score (nSPS) is 20.3. The summed E-state index contributed by atoms with van der Waals surface area (Å²) in [4.78, 5) is 12.9. The fourth-order valence-electron chi connectivity index (χ4n) is 3.56. The van der Waals surface area contributed by atoms with Gasteiger partial charge in [-0.1, -0.05) is 38.0 Å². The molecule has 2 atom stereocenters. The zero-order valence-corrected chi connectivity index (χ0v) is 15.9. The van der Waals surface area contributed by atoms with E-state index in [0.29, 0.717) is 22.8 Å². The lowest BCUT2D eigenvalue weighted by molar-refractivity contribution is 0.309. The van der Waals surface area contributed by atoms with Crippen LogP contribution in [0, 0.1) is 12.8 Å². The van der Waals surface area contributed by atoms with Crippen LogP contribution in [0.3, 0.4) is 0 Å². The zero-order chi connectivity index (χ0) is 18.0. The van der Waals surface area contributed by atoms with Crippen molar-refractivity contribution in [1.82, 2.24) is 14.7 Å². The van der Waals surface area contributed by atoms with Crippen LogP contribution < -0.4 is 16.2 Å². The summed E-state index contributed by atoms with van der Waals surface area (Å²) in [5.74, 6) is 0.603. The number of thiocarbonyl (C=S) groups is 1. The minimum Gasteiger partial charge on any atom is -0.359 e. The summed E-state index contributed by atoms with van der Waals surface area (Å²) in [6.07, 6.45) is 4.88. The molecule has 0 radical (unpaired) electrons. The van der Waals surface area contributed by atoms with Gasteiger partial charge in [0.25, 0.3) is 5.56 Å². The molecule has 0 unspecified atom stereocenters. The first-order valence-corrected chi connectivity index (χ1v) is 9.31. The number of anilines is 1. The molecule has 1 aliphatic carbocycles. The van der Waals surface area contributed by atoms with Crippen molar-refractivity contribution in [3.8, 4) is 5.69 Å². The average molecular weight is 359 g/mol. The fourth-order valence-corrected chi connectivity index (χ4v) is 3.81. The van der Waals surface area contributed by atoms with Gasteiger partial charge in [0.05, 0.1) is 11.4 Å². The number of rotatable bonds is 3. The monoisotopic (exact) mass is 358 g/mol. The Morgan fingerprint density at radius 2 is 1.88 bits per heavy atom. The molecule has 1 saturated carbocycles. The largest absolute Gasteiger partial charge is 0.359 e. The highest BCUT2D eigenvalue weighted by atomic mass is 32.1. The van der Waals surface area contributed by atoms with Crippen molar-refractivity contribution in [2.45, 2.75) is 45.6 Å². The molecule has 25 heavy (non-hydrogen) atoms. The number of hydrogen-bond acceptors (Lipinski definition) is 2. The number of aromatic nitrogens is 2. The molecule has 0 bridgehead atoms. The first-order valence-electron chi connectivity index (χ1n) is 8.90. The number of hydrogen-bond donors (Lipinski definition) is 2. The molecule has 2 N–H and O–H groups in total. The summed E-state index contributed by atoms with van der Waals surface area (Å²) in [5, 5.41) is 7.08. The van der Waals surface area contributed by atoms with Crippen LogP contribution in [0.5, 0.6) is 0 Å². The van der Waals surface area contributed by atoms with Crippen LogP contribution in [-0.2, 0) is 7.05 Å². The quantitative estimate of drug-likeness (QED) is 0.826. The molecule has 1 aliphatic rings. The van der Waals surface area contributed by atoms with Crippen LogP contribution in [0.1, 0.15) is 38.3 Å². The second-order valence-electron chi connectivity index (χ2n) is 6.90. The summed E-state index contributed by atoms with van der Waals surface area (Å²) < 4.78 is 3.51. The molecule has 134 valence electrons. The van der Waals surface area contributed by atoms with Crippen molar-refractivity contribution in [1.29, 1.82) is 0 Å². The Morgan fingerprint density at radius 1 is 1.20 bits per heavy atom. The first kappa shape index (κ1) is 17.7. The summed E-state index contributed by atoms with van der Waals surface area (Å²) in [5.41, 5.74) is 2.14. The topological polar surface area (TPSA) is 51.0 Å². The van der Waals surface area contributed by atoms with Crippen molar-refractivity contribution in [3.05, 3.63) is 46.4 Å². The second kappa shape index (κ2) is 7.44. The lowest BCUT2D eigenvalue weighted by Crippen LogP contribution is -2.43. The van der Waals surface area contributed by atoms with Gasteiger partial charge < -0.3 is 10.6 Å². The SMILES string of the molecule is Cc1c(NC(=S)N[C@@H]2CCCC[C@@H]2C)c(=O)n(-c2ccccc2)n1C. The van der Waals surface area contributed by atoms with Gasteiger partial charge in [0, 0.05) is 13.1 Å². The molecule has 1 fully saturated rings. The van der Waals surface area contributed by atoms with Gasteiger partial charge >= 0.3 is 0 Å². The minimum atomic E-state index is -0.0907. The molecule has 5 nitrogen and oxygen atoms in total. The Morgan fingerprint density at radius 3 is 2.56 bits per heavy atom. The smallest absolute Gasteiger partial charge is 0.295 e. The van der Waals surface area contributed by atoms with Gasteiger partial charge in [-0.05, 0) is 50.0 Å². The third-order valence-electron chi connectivity index (χ3n) is 5.22. The van der Waals surface area contributed by atoms with Gasteiger partial charge in [-0.25, -0.2) is 4.68 Å². The molecular formula is C19H26N4OS. The lowest BCUT2D eigenvalue weighted by atomic mass is 9.86. The van der Waals surface area contributed by atoms with Gasteiger partial charge in [0.2, 0.25) is 0 Å². The summed E-state index contributed by atoms with van der Waals surface area (Å²) >= 11 is 5.48. The molecule has 0 amide bonds. The van der Waals surface area contributed by atoms with Crippen LogP contribution in [0.2, 0.25) is 0 Å². The van der Waals surface area contributed by atoms with Crippen LogP contribution >= 0.6 is 12.2 Å². The van der Waals surface area contributed by atoms with Gasteiger partial charge in [-0.15, -0.1) is 0 Å². The number of para-hydroxylation sites is 1. The summed E-state index contributed by atoms with van der Waals surface area (Å²) in [6.45, 7) is 4.19. The van der Waals surface area contributed by atoms with E-state index in [0.717, 1.165) is 17.8 Å². The first-order chi connectivity index (χ1) is 12.0. The van der Waals surface area contributed by atoms with Crippen molar-refractivity contribution < 1.29 is 0 Å². The van der Waals surface area contributed by atoms with E-state index in [4.69, 9.17) is 12.2 Å². The van der Waals surface area contributed by atoms with Gasteiger partial charge in [-0.2, -0.15) is 0 Å². The van der Waals surface area contributed by atoms with E-state index in [1.165, 1.54) is 19.3 Å². The maximum atomic E-state index is 12.9. The Labute approximate surface area is 154 Å². The lowest BCUT2D eigenvalue weighted by Gasteiger charge is -2.30. The van der Waals surface area contributed by atoms with E-state index in [-0.39, 0.29) is 5.56 Å². The van der Waals surface area contributed by atoms with E-state index in [2.05, 4.69) is 17.6 Å². The molecule has 2 aromatic rings. The Hall–Kier alpha value is -2.08.